The zero-order valence-electron chi connectivity index (χ0n) is 13.2. The van der Waals surface area contributed by atoms with Crippen LogP contribution in [0.4, 0.5) is 0 Å². The highest BCUT2D eigenvalue weighted by molar-refractivity contribution is 5.83. The normalized spacial score (nSPS) is 10.2. The number of benzene rings is 2. The minimum Gasteiger partial charge on any atom is -0.497 e. The van der Waals surface area contributed by atoms with Gasteiger partial charge in [0.2, 0.25) is 0 Å². The summed E-state index contributed by atoms with van der Waals surface area (Å²) in [6.07, 6.45) is 0. The van der Waals surface area contributed by atoms with E-state index in [1.54, 1.807) is 49.6 Å². The summed E-state index contributed by atoms with van der Waals surface area (Å²) in [5.74, 6) is 0.605. The van der Waals surface area contributed by atoms with Crippen LogP contribution >= 0.6 is 0 Å². The van der Waals surface area contributed by atoms with E-state index in [-0.39, 0.29) is 5.56 Å². The van der Waals surface area contributed by atoms with Crippen molar-refractivity contribution < 1.29 is 4.74 Å². The molecular weight excluding hydrogens is 302 g/mol. The van der Waals surface area contributed by atoms with E-state index in [1.165, 1.54) is 4.57 Å². The van der Waals surface area contributed by atoms with Gasteiger partial charge in [0.1, 0.15) is 17.4 Å². The number of nitrogens with zero attached hydrogens (tertiary/aromatic N) is 3. The van der Waals surface area contributed by atoms with Crippen molar-refractivity contribution in [3.63, 3.8) is 0 Å². The number of rotatable bonds is 2. The van der Waals surface area contributed by atoms with E-state index in [2.05, 4.69) is 6.07 Å². The second kappa shape index (κ2) is 5.91. The van der Waals surface area contributed by atoms with Gasteiger partial charge in [-0.3, -0.25) is 9.36 Å². The van der Waals surface area contributed by atoms with Crippen molar-refractivity contribution in [2.75, 3.05) is 7.11 Å². The van der Waals surface area contributed by atoms with Crippen molar-refractivity contribution in [3.8, 4) is 23.6 Å². The summed E-state index contributed by atoms with van der Waals surface area (Å²) in [5, 5.41) is 19.2. The Labute approximate surface area is 138 Å². The highest BCUT2D eigenvalue weighted by atomic mass is 16.5. The molecule has 0 atom stereocenters. The maximum Gasteiger partial charge on any atom is 0.273 e. The standard InChI is InChI=1S/C19H13N3O2/c1-12-3-5-16(8-14(12)10-20)22-18-9-17(24-2)6-4-13(18)7-15(11-21)19(22)23/h3-9H,1-2H3. The monoisotopic (exact) mass is 315 g/mol. The number of aromatic nitrogens is 1. The van der Waals surface area contributed by atoms with Gasteiger partial charge < -0.3 is 4.74 Å². The van der Waals surface area contributed by atoms with Crippen LogP contribution < -0.4 is 10.3 Å². The molecule has 5 nitrogen and oxygen atoms in total. The number of nitriles is 2. The number of hydrogen-bond donors (Lipinski definition) is 0. The number of methoxy groups -OCH3 is 1. The highest BCUT2D eigenvalue weighted by Crippen LogP contribution is 2.24. The van der Waals surface area contributed by atoms with Crippen molar-refractivity contribution in [2.24, 2.45) is 0 Å². The van der Waals surface area contributed by atoms with Crippen LogP contribution in [0.1, 0.15) is 16.7 Å². The van der Waals surface area contributed by atoms with Crippen LogP contribution in [0.15, 0.2) is 47.3 Å². The Kier molecular flexibility index (Phi) is 3.77. The maximum absolute atomic E-state index is 12.7. The van der Waals surface area contributed by atoms with Gasteiger partial charge in [0.15, 0.2) is 0 Å². The second-order valence-corrected chi connectivity index (χ2v) is 5.35. The van der Waals surface area contributed by atoms with Gasteiger partial charge in [-0.25, -0.2) is 0 Å². The summed E-state index contributed by atoms with van der Waals surface area (Å²) >= 11 is 0. The van der Waals surface area contributed by atoms with Crippen molar-refractivity contribution >= 4 is 10.9 Å². The van der Waals surface area contributed by atoms with Gasteiger partial charge in [-0.2, -0.15) is 10.5 Å². The first-order valence-corrected chi connectivity index (χ1v) is 7.24. The topological polar surface area (TPSA) is 78.8 Å². The third-order valence-electron chi connectivity index (χ3n) is 3.93. The number of pyridine rings is 1. The van der Waals surface area contributed by atoms with E-state index in [4.69, 9.17) is 4.74 Å². The van der Waals surface area contributed by atoms with E-state index in [0.29, 0.717) is 22.5 Å². The van der Waals surface area contributed by atoms with Gasteiger partial charge >= 0.3 is 0 Å². The zero-order valence-corrected chi connectivity index (χ0v) is 13.2. The Hall–Kier alpha value is -3.57. The third kappa shape index (κ3) is 2.39. The molecule has 1 heterocycles. The predicted molar refractivity (Wildman–Crippen MR) is 90.3 cm³/mol. The summed E-state index contributed by atoms with van der Waals surface area (Å²) in [6.45, 7) is 1.83. The molecule has 0 saturated heterocycles. The van der Waals surface area contributed by atoms with Gasteiger partial charge in [0.05, 0.1) is 29.9 Å². The van der Waals surface area contributed by atoms with Crippen LogP contribution in [0.25, 0.3) is 16.6 Å². The largest absolute Gasteiger partial charge is 0.497 e. The smallest absolute Gasteiger partial charge is 0.273 e. The fourth-order valence-electron chi connectivity index (χ4n) is 2.62. The van der Waals surface area contributed by atoms with Gasteiger partial charge in [-0.1, -0.05) is 6.07 Å². The lowest BCUT2D eigenvalue weighted by atomic mass is 10.1. The van der Waals surface area contributed by atoms with E-state index in [0.717, 1.165) is 10.9 Å². The molecular formula is C19H13N3O2. The Bertz CT molecular complexity index is 1100. The summed E-state index contributed by atoms with van der Waals surface area (Å²) in [6, 6.07) is 16.1. The average Bonchev–Trinajstić information content (AvgIpc) is 2.61. The number of hydrogen-bond acceptors (Lipinski definition) is 4. The molecule has 0 saturated carbocycles. The number of fused-ring (bicyclic) bond motifs is 1. The Balaban J connectivity index is 2.45. The summed E-state index contributed by atoms with van der Waals surface area (Å²) in [4.78, 5) is 12.7. The van der Waals surface area contributed by atoms with Crippen LogP contribution in [0, 0.1) is 29.6 Å². The average molecular weight is 315 g/mol. The van der Waals surface area contributed by atoms with Crippen molar-refractivity contribution in [2.45, 2.75) is 6.92 Å². The predicted octanol–water partition coefficient (Wildman–Crippen LogP) is 3.05. The molecule has 1 aromatic heterocycles. The van der Waals surface area contributed by atoms with Gasteiger partial charge in [0, 0.05) is 11.5 Å². The van der Waals surface area contributed by atoms with Gasteiger partial charge in [-0.15, -0.1) is 0 Å². The lowest BCUT2D eigenvalue weighted by Crippen LogP contribution is -2.21. The Morgan fingerprint density at radius 1 is 1.00 bits per heavy atom. The van der Waals surface area contributed by atoms with Crippen LogP contribution in [0.3, 0.4) is 0 Å². The molecule has 0 aliphatic rings. The first kappa shape index (κ1) is 15.3. The molecule has 0 aliphatic heterocycles. The van der Waals surface area contributed by atoms with E-state index >= 15 is 0 Å². The fraction of sp³-hybridized carbons (Fsp3) is 0.105. The Morgan fingerprint density at radius 2 is 1.75 bits per heavy atom. The molecule has 2 aromatic carbocycles. The molecule has 3 aromatic rings. The lowest BCUT2D eigenvalue weighted by molar-refractivity contribution is 0.415. The third-order valence-corrected chi connectivity index (χ3v) is 3.93. The SMILES string of the molecule is COc1ccc2cc(C#N)c(=O)n(-c3ccc(C)c(C#N)c3)c2c1. The van der Waals surface area contributed by atoms with Gasteiger partial charge in [0.25, 0.3) is 5.56 Å². The van der Waals surface area contributed by atoms with Crippen LogP contribution in [0.2, 0.25) is 0 Å². The molecule has 0 unspecified atom stereocenters. The van der Waals surface area contributed by atoms with Crippen molar-refractivity contribution in [1.29, 1.82) is 10.5 Å². The van der Waals surface area contributed by atoms with E-state index < -0.39 is 5.56 Å². The van der Waals surface area contributed by atoms with Crippen LogP contribution in [-0.4, -0.2) is 11.7 Å². The molecule has 0 spiro atoms. The molecule has 0 radical (unpaired) electrons. The summed E-state index contributed by atoms with van der Waals surface area (Å²) in [7, 11) is 1.55. The summed E-state index contributed by atoms with van der Waals surface area (Å²) in [5.41, 5.74) is 2.09. The first-order valence-electron chi connectivity index (χ1n) is 7.24. The molecule has 116 valence electrons. The second-order valence-electron chi connectivity index (χ2n) is 5.35. The molecule has 0 N–H and O–H groups in total. The van der Waals surface area contributed by atoms with E-state index in [1.807, 2.05) is 13.0 Å². The lowest BCUT2D eigenvalue weighted by Gasteiger charge is -2.13. The molecule has 0 amide bonds. The van der Waals surface area contributed by atoms with Crippen LogP contribution in [-0.2, 0) is 0 Å². The maximum atomic E-state index is 12.7. The van der Waals surface area contributed by atoms with E-state index in [9.17, 15) is 15.3 Å². The molecule has 24 heavy (non-hydrogen) atoms. The quantitative estimate of drug-likeness (QED) is 0.728. The summed E-state index contributed by atoms with van der Waals surface area (Å²) < 4.78 is 6.68. The molecule has 5 heteroatoms. The number of aryl methyl sites for hydroxylation is 1. The van der Waals surface area contributed by atoms with Gasteiger partial charge in [-0.05, 0) is 42.8 Å². The fourth-order valence-corrected chi connectivity index (χ4v) is 2.62. The van der Waals surface area contributed by atoms with Crippen molar-refractivity contribution in [3.05, 3.63) is 69.5 Å². The minimum atomic E-state index is -0.425. The molecule has 0 bridgehead atoms. The number of ether oxygens (including phenoxy) is 1. The molecule has 0 aliphatic carbocycles. The molecule has 0 fully saturated rings. The first-order chi connectivity index (χ1) is 11.6. The highest BCUT2D eigenvalue weighted by Gasteiger charge is 2.13. The Morgan fingerprint density at radius 3 is 2.42 bits per heavy atom. The minimum absolute atomic E-state index is 0.0479. The van der Waals surface area contributed by atoms with Crippen molar-refractivity contribution in [1.82, 2.24) is 4.57 Å². The van der Waals surface area contributed by atoms with Crippen LogP contribution in [0.5, 0.6) is 5.75 Å². The zero-order chi connectivity index (χ0) is 17.3. The molecule has 3 rings (SSSR count).